The van der Waals surface area contributed by atoms with Crippen LogP contribution in [0.5, 0.6) is 0 Å². The van der Waals surface area contributed by atoms with Crippen LogP contribution in [0.15, 0.2) is 18.3 Å². The maximum Gasteiger partial charge on any atom is 0.365 e. The van der Waals surface area contributed by atoms with Crippen LogP contribution >= 0.6 is 0 Å². The molecule has 1 aromatic heterocycles. The summed E-state index contributed by atoms with van der Waals surface area (Å²) in [5.41, 5.74) is 0.910. The summed E-state index contributed by atoms with van der Waals surface area (Å²) in [7, 11) is 0. The molecule has 0 radical (unpaired) electrons. The van der Waals surface area contributed by atoms with Crippen LogP contribution in [-0.4, -0.2) is 23.0 Å². The molecule has 1 aromatic rings. The summed E-state index contributed by atoms with van der Waals surface area (Å²) in [6.45, 7) is 4.16. The van der Waals surface area contributed by atoms with Gasteiger partial charge in [0.05, 0.1) is 6.07 Å². The summed E-state index contributed by atoms with van der Waals surface area (Å²) in [5.74, 6) is 0.580. The molecular formula is C11H15N3O2. The molecule has 1 saturated heterocycles. The van der Waals surface area contributed by atoms with Gasteiger partial charge in [0, 0.05) is 24.8 Å². The molecule has 2 heterocycles. The average Bonchev–Trinajstić information content (AvgIpc) is 2.29. The van der Waals surface area contributed by atoms with Crippen LogP contribution in [0, 0.1) is 16.0 Å². The molecule has 86 valence electrons. The first-order valence-electron chi connectivity index (χ1n) is 5.52. The van der Waals surface area contributed by atoms with E-state index in [2.05, 4.69) is 16.8 Å². The molecule has 16 heavy (non-hydrogen) atoms. The van der Waals surface area contributed by atoms with Gasteiger partial charge in [-0.2, -0.15) is 0 Å². The summed E-state index contributed by atoms with van der Waals surface area (Å²) >= 11 is 0. The molecule has 1 aliphatic heterocycles. The van der Waals surface area contributed by atoms with Crippen molar-refractivity contribution in [2.75, 3.05) is 18.0 Å². The van der Waals surface area contributed by atoms with E-state index in [-0.39, 0.29) is 5.82 Å². The molecule has 0 aliphatic carbocycles. The van der Waals surface area contributed by atoms with E-state index in [1.807, 2.05) is 6.07 Å². The third-order valence-electron chi connectivity index (χ3n) is 2.94. The van der Waals surface area contributed by atoms with Crippen molar-refractivity contribution < 1.29 is 4.92 Å². The minimum absolute atomic E-state index is 0.0734. The van der Waals surface area contributed by atoms with Crippen LogP contribution in [0.2, 0.25) is 0 Å². The number of hydrogen-bond donors (Lipinski definition) is 0. The number of hydrogen-bond acceptors (Lipinski definition) is 4. The molecule has 0 aromatic carbocycles. The third kappa shape index (κ3) is 2.29. The summed E-state index contributed by atoms with van der Waals surface area (Å²) in [4.78, 5) is 16.1. The van der Waals surface area contributed by atoms with Gasteiger partial charge in [0.25, 0.3) is 0 Å². The van der Waals surface area contributed by atoms with Crippen molar-refractivity contribution in [3.8, 4) is 0 Å². The van der Waals surface area contributed by atoms with Gasteiger partial charge in [0.1, 0.15) is 6.20 Å². The minimum atomic E-state index is -0.448. The lowest BCUT2D eigenvalue weighted by atomic mass is 10.00. The zero-order chi connectivity index (χ0) is 11.5. The van der Waals surface area contributed by atoms with Gasteiger partial charge in [-0.05, 0) is 28.7 Å². The van der Waals surface area contributed by atoms with E-state index in [1.165, 1.54) is 12.6 Å². The summed E-state index contributed by atoms with van der Waals surface area (Å²) < 4.78 is 0. The van der Waals surface area contributed by atoms with Crippen LogP contribution in [0.25, 0.3) is 0 Å². The van der Waals surface area contributed by atoms with Gasteiger partial charge >= 0.3 is 5.82 Å². The summed E-state index contributed by atoms with van der Waals surface area (Å²) in [6.07, 6.45) is 3.90. The fourth-order valence-corrected chi connectivity index (χ4v) is 2.13. The van der Waals surface area contributed by atoms with Gasteiger partial charge in [-0.3, -0.25) is 0 Å². The predicted octanol–water partition coefficient (Wildman–Crippen LogP) is 2.23. The lowest BCUT2D eigenvalue weighted by Gasteiger charge is -2.32. The Bertz CT molecular complexity index is 395. The molecule has 1 atom stereocenters. The van der Waals surface area contributed by atoms with Crippen molar-refractivity contribution in [3.05, 3.63) is 28.4 Å². The predicted molar refractivity (Wildman–Crippen MR) is 61.5 cm³/mol. The Balaban J connectivity index is 2.19. The number of rotatable bonds is 2. The van der Waals surface area contributed by atoms with Gasteiger partial charge < -0.3 is 15.0 Å². The zero-order valence-corrected chi connectivity index (χ0v) is 9.30. The number of nitrogens with zero attached hydrogens (tertiary/aromatic N) is 3. The Morgan fingerprint density at radius 2 is 2.44 bits per heavy atom. The van der Waals surface area contributed by atoms with Crippen molar-refractivity contribution in [2.45, 2.75) is 19.8 Å². The molecule has 1 fully saturated rings. The second-order valence-electron chi connectivity index (χ2n) is 4.32. The first-order chi connectivity index (χ1) is 7.66. The quantitative estimate of drug-likeness (QED) is 0.567. The number of piperidine rings is 1. The van der Waals surface area contributed by atoms with E-state index in [0.717, 1.165) is 25.2 Å². The molecule has 0 unspecified atom stereocenters. The van der Waals surface area contributed by atoms with E-state index >= 15 is 0 Å². The normalized spacial score (nSPS) is 20.8. The van der Waals surface area contributed by atoms with Crippen LogP contribution in [0.1, 0.15) is 19.8 Å². The fourth-order valence-electron chi connectivity index (χ4n) is 2.13. The largest absolute Gasteiger partial charge is 0.371 e. The van der Waals surface area contributed by atoms with Gasteiger partial charge in [-0.15, -0.1) is 0 Å². The molecule has 0 N–H and O–H groups in total. The van der Waals surface area contributed by atoms with Crippen molar-refractivity contribution >= 4 is 11.5 Å². The second-order valence-corrected chi connectivity index (χ2v) is 4.32. The standard InChI is InChI=1S/C11H15N3O2/c1-9-3-2-6-13(8-9)10-4-5-12-11(7-10)14(15)16/h4-5,7,9H,2-3,6,8H2,1H3/t9-/m1/s1. The van der Waals surface area contributed by atoms with Crippen molar-refractivity contribution in [3.63, 3.8) is 0 Å². The van der Waals surface area contributed by atoms with Gasteiger partial charge in [-0.1, -0.05) is 6.92 Å². The third-order valence-corrected chi connectivity index (χ3v) is 2.94. The first kappa shape index (κ1) is 10.9. The molecule has 0 saturated carbocycles. The van der Waals surface area contributed by atoms with Gasteiger partial charge in [0.15, 0.2) is 0 Å². The molecule has 2 rings (SSSR count). The van der Waals surface area contributed by atoms with E-state index < -0.39 is 4.92 Å². The van der Waals surface area contributed by atoms with Gasteiger partial charge in [-0.25, -0.2) is 0 Å². The van der Waals surface area contributed by atoms with Crippen LogP contribution < -0.4 is 4.90 Å². The van der Waals surface area contributed by atoms with E-state index in [9.17, 15) is 10.1 Å². The highest BCUT2D eigenvalue weighted by Crippen LogP contribution is 2.24. The Morgan fingerprint density at radius 1 is 1.62 bits per heavy atom. The van der Waals surface area contributed by atoms with Gasteiger partial charge in [0.2, 0.25) is 0 Å². The Hall–Kier alpha value is -1.65. The summed E-state index contributed by atoms with van der Waals surface area (Å²) in [5, 5.41) is 10.6. The van der Waals surface area contributed by atoms with Crippen molar-refractivity contribution in [2.24, 2.45) is 5.92 Å². The molecule has 5 nitrogen and oxygen atoms in total. The molecule has 0 amide bonds. The highest BCUT2D eigenvalue weighted by atomic mass is 16.6. The maximum atomic E-state index is 10.6. The molecule has 0 bridgehead atoms. The number of anilines is 1. The zero-order valence-electron chi connectivity index (χ0n) is 9.30. The molecule has 0 spiro atoms. The molecule has 1 aliphatic rings. The van der Waals surface area contributed by atoms with Crippen molar-refractivity contribution in [1.29, 1.82) is 0 Å². The first-order valence-corrected chi connectivity index (χ1v) is 5.52. The van der Waals surface area contributed by atoms with E-state index in [4.69, 9.17) is 0 Å². The van der Waals surface area contributed by atoms with Crippen LogP contribution in [0.4, 0.5) is 11.5 Å². The SMILES string of the molecule is C[C@@H]1CCCN(c2ccnc([N+](=O)[O-])c2)C1. The van der Waals surface area contributed by atoms with Crippen LogP contribution in [-0.2, 0) is 0 Å². The lowest BCUT2D eigenvalue weighted by Crippen LogP contribution is -2.34. The average molecular weight is 221 g/mol. The Kier molecular flexibility index (Phi) is 3.03. The van der Waals surface area contributed by atoms with E-state index in [0.29, 0.717) is 5.92 Å². The molecule has 5 heteroatoms. The second kappa shape index (κ2) is 4.47. The Morgan fingerprint density at radius 3 is 3.12 bits per heavy atom. The highest BCUT2D eigenvalue weighted by Gasteiger charge is 2.18. The summed E-state index contributed by atoms with van der Waals surface area (Å²) in [6, 6.07) is 3.39. The van der Waals surface area contributed by atoms with E-state index in [1.54, 1.807) is 6.07 Å². The van der Waals surface area contributed by atoms with Crippen molar-refractivity contribution in [1.82, 2.24) is 4.98 Å². The highest BCUT2D eigenvalue weighted by molar-refractivity contribution is 5.50. The smallest absolute Gasteiger partial charge is 0.365 e. The minimum Gasteiger partial charge on any atom is -0.371 e. The fraction of sp³-hybridized carbons (Fsp3) is 0.545. The monoisotopic (exact) mass is 221 g/mol. The topological polar surface area (TPSA) is 59.3 Å². The number of aromatic nitrogens is 1. The lowest BCUT2D eigenvalue weighted by molar-refractivity contribution is -0.389. The number of pyridine rings is 1. The maximum absolute atomic E-state index is 10.6. The number of nitro groups is 1. The Labute approximate surface area is 94.2 Å². The molecular weight excluding hydrogens is 206 g/mol. The van der Waals surface area contributed by atoms with Crippen LogP contribution in [0.3, 0.4) is 0 Å².